The summed E-state index contributed by atoms with van der Waals surface area (Å²) in [6.07, 6.45) is 0.593. The molecule has 2 rings (SSSR count). The Morgan fingerprint density at radius 2 is 1.90 bits per heavy atom. The molecule has 2 nitrogen and oxygen atoms in total. The molecule has 0 fully saturated rings. The summed E-state index contributed by atoms with van der Waals surface area (Å²) in [7, 11) is 0. The molecule has 0 bridgehead atoms. The number of aliphatic hydroxyl groups excluding tert-OH is 1. The van der Waals surface area contributed by atoms with Gasteiger partial charge in [0.2, 0.25) is 0 Å². The average molecular weight is 287 g/mol. The van der Waals surface area contributed by atoms with Crippen molar-refractivity contribution < 1.29 is 9.50 Å². The first kappa shape index (κ1) is 15.7. The van der Waals surface area contributed by atoms with Crippen molar-refractivity contribution in [2.75, 3.05) is 13.2 Å². The molecule has 2 aromatic rings. The lowest BCUT2D eigenvalue weighted by atomic mass is 9.75. The molecule has 1 unspecified atom stereocenters. The lowest BCUT2D eigenvalue weighted by molar-refractivity contribution is 0.196. The van der Waals surface area contributed by atoms with Gasteiger partial charge in [-0.2, -0.15) is 0 Å². The third-order valence-electron chi connectivity index (χ3n) is 4.16. The Morgan fingerprint density at radius 3 is 2.48 bits per heavy atom. The molecule has 0 saturated heterocycles. The minimum Gasteiger partial charge on any atom is -0.395 e. The second-order valence-corrected chi connectivity index (χ2v) is 5.76. The number of aryl methyl sites for hydroxylation is 2. The average Bonchev–Trinajstić information content (AvgIpc) is 2.47. The Balaban J connectivity index is 2.43. The van der Waals surface area contributed by atoms with Crippen LogP contribution in [0.4, 0.5) is 4.39 Å². The summed E-state index contributed by atoms with van der Waals surface area (Å²) in [5, 5.41) is 9.97. The molecule has 3 N–H and O–H groups in total. The number of rotatable bonds is 5. The van der Waals surface area contributed by atoms with Crippen molar-refractivity contribution in [2.45, 2.75) is 25.7 Å². The van der Waals surface area contributed by atoms with Crippen LogP contribution >= 0.6 is 0 Å². The van der Waals surface area contributed by atoms with E-state index in [0.29, 0.717) is 13.0 Å². The fourth-order valence-electron chi connectivity index (χ4n) is 2.70. The molecule has 0 aliphatic heterocycles. The van der Waals surface area contributed by atoms with Crippen LogP contribution in [0.3, 0.4) is 0 Å². The van der Waals surface area contributed by atoms with Crippen LogP contribution in [0.2, 0.25) is 0 Å². The fourth-order valence-corrected chi connectivity index (χ4v) is 2.70. The van der Waals surface area contributed by atoms with Crippen molar-refractivity contribution in [3.05, 3.63) is 70.5 Å². The zero-order valence-electron chi connectivity index (χ0n) is 12.6. The Morgan fingerprint density at radius 1 is 1.14 bits per heavy atom. The Labute approximate surface area is 125 Å². The van der Waals surface area contributed by atoms with E-state index in [0.717, 1.165) is 22.3 Å². The Kier molecular flexibility index (Phi) is 4.76. The van der Waals surface area contributed by atoms with Crippen molar-refractivity contribution in [3.8, 4) is 0 Å². The van der Waals surface area contributed by atoms with Gasteiger partial charge in [-0.1, -0.05) is 35.9 Å². The molecular weight excluding hydrogens is 265 g/mol. The molecule has 0 aromatic heterocycles. The van der Waals surface area contributed by atoms with Gasteiger partial charge in [0.1, 0.15) is 5.82 Å². The number of benzene rings is 2. The van der Waals surface area contributed by atoms with Gasteiger partial charge in [0, 0.05) is 12.0 Å². The van der Waals surface area contributed by atoms with Gasteiger partial charge in [-0.05, 0) is 49.1 Å². The first-order valence-electron chi connectivity index (χ1n) is 7.14. The molecule has 0 aliphatic rings. The normalized spacial score (nSPS) is 14.0. The van der Waals surface area contributed by atoms with Crippen molar-refractivity contribution in [2.24, 2.45) is 5.73 Å². The molecule has 0 spiro atoms. The number of nitrogens with two attached hydrogens (primary N) is 1. The molecule has 21 heavy (non-hydrogen) atoms. The Hall–Kier alpha value is -1.71. The van der Waals surface area contributed by atoms with Gasteiger partial charge in [0.05, 0.1) is 6.61 Å². The monoisotopic (exact) mass is 287 g/mol. The minimum absolute atomic E-state index is 0.0379. The second-order valence-electron chi connectivity index (χ2n) is 5.76. The van der Waals surface area contributed by atoms with Crippen molar-refractivity contribution in [1.29, 1.82) is 0 Å². The van der Waals surface area contributed by atoms with Crippen LogP contribution in [0.5, 0.6) is 0 Å². The number of halogens is 1. The molecule has 3 heteroatoms. The van der Waals surface area contributed by atoms with Crippen LogP contribution in [-0.2, 0) is 11.8 Å². The lowest BCUT2D eigenvalue weighted by Gasteiger charge is -2.32. The third kappa shape index (κ3) is 3.31. The van der Waals surface area contributed by atoms with Gasteiger partial charge in [-0.15, -0.1) is 0 Å². The van der Waals surface area contributed by atoms with Crippen molar-refractivity contribution >= 4 is 0 Å². The fraction of sp³-hybridized carbons (Fsp3) is 0.333. The van der Waals surface area contributed by atoms with Crippen LogP contribution in [0.1, 0.15) is 22.3 Å². The van der Waals surface area contributed by atoms with Crippen LogP contribution in [-0.4, -0.2) is 18.3 Å². The maximum absolute atomic E-state index is 13.2. The summed E-state index contributed by atoms with van der Waals surface area (Å²) >= 11 is 0. The van der Waals surface area contributed by atoms with Gasteiger partial charge < -0.3 is 10.8 Å². The highest BCUT2D eigenvalue weighted by molar-refractivity contribution is 5.35. The van der Waals surface area contributed by atoms with E-state index in [-0.39, 0.29) is 12.4 Å². The highest BCUT2D eigenvalue weighted by Crippen LogP contribution is 2.29. The molecular formula is C18H22FNO. The van der Waals surface area contributed by atoms with E-state index >= 15 is 0 Å². The van der Waals surface area contributed by atoms with Gasteiger partial charge >= 0.3 is 0 Å². The summed E-state index contributed by atoms with van der Waals surface area (Å²) in [6, 6.07) is 12.8. The molecule has 2 aromatic carbocycles. The maximum Gasteiger partial charge on any atom is 0.123 e. The summed E-state index contributed by atoms with van der Waals surface area (Å²) in [4.78, 5) is 0. The molecule has 1 atom stereocenters. The SMILES string of the molecule is Cc1cccc(C(CN)(CO)Cc2ccc(F)cc2C)c1. The van der Waals surface area contributed by atoms with E-state index in [2.05, 4.69) is 6.07 Å². The highest BCUT2D eigenvalue weighted by atomic mass is 19.1. The highest BCUT2D eigenvalue weighted by Gasteiger charge is 2.31. The molecule has 0 saturated carbocycles. The minimum atomic E-state index is -0.533. The number of aliphatic hydroxyl groups is 1. The van der Waals surface area contributed by atoms with Gasteiger partial charge in [-0.25, -0.2) is 4.39 Å². The van der Waals surface area contributed by atoms with E-state index in [1.165, 1.54) is 12.1 Å². The van der Waals surface area contributed by atoms with Crippen LogP contribution < -0.4 is 5.73 Å². The van der Waals surface area contributed by atoms with E-state index in [4.69, 9.17) is 5.73 Å². The second kappa shape index (κ2) is 6.37. The van der Waals surface area contributed by atoms with E-state index in [9.17, 15) is 9.50 Å². The zero-order chi connectivity index (χ0) is 15.5. The first-order chi connectivity index (χ1) is 10.0. The van der Waals surface area contributed by atoms with Gasteiger partial charge in [0.15, 0.2) is 0 Å². The van der Waals surface area contributed by atoms with Crippen molar-refractivity contribution in [3.63, 3.8) is 0 Å². The largest absolute Gasteiger partial charge is 0.395 e. The maximum atomic E-state index is 13.2. The van der Waals surface area contributed by atoms with Gasteiger partial charge in [-0.3, -0.25) is 0 Å². The van der Waals surface area contributed by atoms with E-state index < -0.39 is 5.41 Å². The van der Waals surface area contributed by atoms with Crippen LogP contribution in [0, 0.1) is 19.7 Å². The third-order valence-corrected chi connectivity index (χ3v) is 4.16. The summed E-state index contributed by atoms with van der Waals surface area (Å²) in [5.74, 6) is -0.242. The summed E-state index contributed by atoms with van der Waals surface area (Å²) < 4.78 is 13.2. The quantitative estimate of drug-likeness (QED) is 0.888. The predicted molar refractivity (Wildman–Crippen MR) is 83.8 cm³/mol. The standard InChI is InChI=1S/C18H22FNO/c1-13-4-3-5-16(8-13)18(11-20,12-21)10-15-6-7-17(19)9-14(15)2/h3-9,21H,10-12,20H2,1-2H3. The number of hydrogen-bond acceptors (Lipinski definition) is 2. The van der Waals surface area contributed by atoms with Crippen LogP contribution in [0.25, 0.3) is 0 Å². The van der Waals surface area contributed by atoms with Crippen molar-refractivity contribution in [1.82, 2.24) is 0 Å². The molecule has 0 amide bonds. The van der Waals surface area contributed by atoms with E-state index in [1.54, 1.807) is 6.07 Å². The Bertz CT molecular complexity index is 620. The first-order valence-corrected chi connectivity index (χ1v) is 7.14. The number of hydrogen-bond donors (Lipinski definition) is 2. The van der Waals surface area contributed by atoms with Crippen LogP contribution in [0.15, 0.2) is 42.5 Å². The zero-order valence-corrected chi connectivity index (χ0v) is 12.6. The molecule has 0 heterocycles. The lowest BCUT2D eigenvalue weighted by Crippen LogP contribution is -2.41. The topological polar surface area (TPSA) is 46.2 Å². The summed E-state index contributed by atoms with van der Waals surface area (Å²) in [5.41, 5.74) is 9.51. The molecule has 0 radical (unpaired) electrons. The smallest absolute Gasteiger partial charge is 0.123 e. The predicted octanol–water partition coefficient (Wildman–Crippen LogP) is 2.87. The van der Waals surface area contributed by atoms with Gasteiger partial charge in [0.25, 0.3) is 0 Å². The molecule has 112 valence electrons. The summed E-state index contributed by atoms with van der Waals surface area (Å²) in [6.45, 7) is 4.20. The van der Waals surface area contributed by atoms with E-state index in [1.807, 2.05) is 32.0 Å². The molecule has 0 aliphatic carbocycles.